The van der Waals surface area contributed by atoms with Gasteiger partial charge in [0.25, 0.3) is 0 Å². The number of hydrogen-bond acceptors (Lipinski definition) is 0. The summed E-state index contributed by atoms with van der Waals surface area (Å²) in [7, 11) is 5.09. The van der Waals surface area contributed by atoms with Crippen LogP contribution in [0.3, 0.4) is 0 Å². The Balaban J connectivity index is 3.53. The molecular formula is C10H13F3N+. The van der Waals surface area contributed by atoms with E-state index in [1.54, 1.807) is 28.1 Å². The largest absolute Gasteiger partial charge is 0.296 e. The molecule has 0 aliphatic rings. The number of quaternary nitrogens is 1. The SMILES string of the molecule is Cc1cc(F)c(F)c(F)c1[N+](C)(C)C. The summed E-state index contributed by atoms with van der Waals surface area (Å²) in [6.45, 7) is 1.56. The van der Waals surface area contributed by atoms with Crippen LogP contribution in [-0.2, 0) is 0 Å². The molecule has 0 bridgehead atoms. The van der Waals surface area contributed by atoms with E-state index in [2.05, 4.69) is 0 Å². The van der Waals surface area contributed by atoms with Gasteiger partial charge < -0.3 is 0 Å². The monoisotopic (exact) mass is 204 g/mol. The van der Waals surface area contributed by atoms with Crippen LogP contribution in [0.25, 0.3) is 0 Å². The molecule has 0 radical (unpaired) electrons. The normalized spacial score (nSPS) is 11.9. The fourth-order valence-electron chi connectivity index (χ4n) is 1.53. The lowest BCUT2D eigenvalue weighted by molar-refractivity contribution is 0.407. The maximum absolute atomic E-state index is 13.4. The van der Waals surface area contributed by atoms with E-state index < -0.39 is 17.5 Å². The summed E-state index contributed by atoms with van der Waals surface area (Å²) in [4.78, 5) is 0. The zero-order chi connectivity index (χ0) is 11.1. The highest BCUT2D eigenvalue weighted by Crippen LogP contribution is 2.29. The van der Waals surface area contributed by atoms with Crippen LogP contribution in [0.5, 0.6) is 0 Å². The van der Waals surface area contributed by atoms with E-state index in [0.29, 0.717) is 5.56 Å². The van der Waals surface area contributed by atoms with Gasteiger partial charge in [0, 0.05) is 5.56 Å². The van der Waals surface area contributed by atoms with E-state index in [0.717, 1.165) is 6.07 Å². The summed E-state index contributed by atoms with van der Waals surface area (Å²) in [5.74, 6) is -3.65. The highest BCUT2D eigenvalue weighted by atomic mass is 19.2. The van der Waals surface area contributed by atoms with Gasteiger partial charge >= 0.3 is 0 Å². The Labute approximate surface area is 81.4 Å². The zero-order valence-electron chi connectivity index (χ0n) is 8.66. The lowest BCUT2D eigenvalue weighted by Crippen LogP contribution is -2.36. The molecule has 14 heavy (non-hydrogen) atoms. The van der Waals surface area contributed by atoms with Crippen LogP contribution >= 0.6 is 0 Å². The molecule has 0 fully saturated rings. The molecule has 0 N–H and O–H groups in total. The summed E-state index contributed by atoms with van der Waals surface area (Å²) in [6.07, 6.45) is 0. The molecule has 78 valence electrons. The average Bonchev–Trinajstić information content (AvgIpc) is 1.97. The third-order valence-corrected chi connectivity index (χ3v) is 2.00. The van der Waals surface area contributed by atoms with Crippen molar-refractivity contribution in [2.75, 3.05) is 21.1 Å². The molecule has 0 aromatic heterocycles. The predicted octanol–water partition coefficient (Wildman–Crippen LogP) is 2.61. The Bertz CT molecular complexity index is 367. The molecule has 0 unspecified atom stereocenters. The zero-order valence-corrected chi connectivity index (χ0v) is 8.66. The number of nitrogens with zero attached hydrogens (tertiary/aromatic N) is 1. The van der Waals surface area contributed by atoms with Crippen molar-refractivity contribution < 1.29 is 13.2 Å². The van der Waals surface area contributed by atoms with Crippen molar-refractivity contribution in [3.63, 3.8) is 0 Å². The topological polar surface area (TPSA) is 0 Å². The van der Waals surface area contributed by atoms with Crippen molar-refractivity contribution in [3.8, 4) is 0 Å². The van der Waals surface area contributed by atoms with Gasteiger partial charge in [-0.1, -0.05) is 0 Å². The van der Waals surface area contributed by atoms with Gasteiger partial charge in [0.2, 0.25) is 11.6 Å². The molecule has 1 aromatic carbocycles. The first-order valence-corrected chi connectivity index (χ1v) is 4.21. The smallest absolute Gasteiger partial charge is 0.222 e. The Kier molecular flexibility index (Phi) is 2.58. The predicted molar refractivity (Wildman–Crippen MR) is 50.6 cm³/mol. The van der Waals surface area contributed by atoms with E-state index in [1.807, 2.05) is 0 Å². The van der Waals surface area contributed by atoms with Gasteiger partial charge in [0.05, 0.1) is 21.1 Å². The minimum atomic E-state index is -1.40. The molecule has 0 atom stereocenters. The first kappa shape index (κ1) is 11.0. The Hall–Kier alpha value is -1.03. The van der Waals surface area contributed by atoms with E-state index >= 15 is 0 Å². The van der Waals surface area contributed by atoms with Crippen LogP contribution < -0.4 is 4.48 Å². The van der Waals surface area contributed by atoms with Crippen molar-refractivity contribution in [3.05, 3.63) is 29.1 Å². The van der Waals surface area contributed by atoms with Crippen molar-refractivity contribution in [1.82, 2.24) is 4.48 Å². The van der Waals surface area contributed by atoms with Crippen molar-refractivity contribution in [1.29, 1.82) is 0 Å². The molecule has 4 heteroatoms. The summed E-state index contributed by atoms with van der Waals surface area (Å²) in [5, 5.41) is 0. The quantitative estimate of drug-likeness (QED) is 0.487. The minimum Gasteiger partial charge on any atom is -0.296 e. The van der Waals surface area contributed by atoms with Gasteiger partial charge in [-0.25, -0.2) is 8.78 Å². The number of aryl methyl sites for hydroxylation is 1. The van der Waals surface area contributed by atoms with Crippen LogP contribution in [-0.4, -0.2) is 21.1 Å². The van der Waals surface area contributed by atoms with Gasteiger partial charge in [0.15, 0.2) is 11.5 Å². The first-order chi connectivity index (χ1) is 6.25. The van der Waals surface area contributed by atoms with E-state index in [4.69, 9.17) is 0 Å². The second-order valence-corrected chi connectivity index (χ2v) is 4.16. The van der Waals surface area contributed by atoms with Crippen molar-refractivity contribution in [2.45, 2.75) is 6.92 Å². The molecule has 1 nitrogen and oxygen atoms in total. The third kappa shape index (κ3) is 1.75. The van der Waals surface area contributed by atoms with Gasteiger partial charge in [-0.15, -0.1) is 0 Å². The summed E-state index contributed by atoms with van der Waals surface area (Å²) in [6, 6.07) is 1.01. The first-order valence-electron chi connectivity index (χ1n) is 4.21. The Morgan fingerprint density at radius 1 is 1.00 bits per heavy atom. The van der Waals surface area contributed by atoms with E-state index in [9.17, 15) is 13.2 Å². The van der Waals surface area contributed by atoms with Gasteiger partial charge in [0.1, 0.15) is 0 Å². The number of rotatable bonds is 1. The molecule has 0 heterocycles. The maximum Gasteiger partial charge on any atom is 0.222 e. The second kappa shape index (κ2) is 3.28. The lowest BCUT2D eigenvalue weighted by atomic mass is 10.1. The molecule has 0 saturated heterocycles. The Morgan fingerprint density at radius 3 is 1.93 bits per heavy atom. The van der Waals surface area contributed by atoms with Crippen LogP contribution in [0.4, 0.5) is 18.9 Å². The fraction of sp³-hybridized carbons (Fsp3) is 0.400. The van der Waals surface area contributed by atoms with Crippen LogP contribution in [0.15, 0.2) is 6.07 Å². The van der Waals surface area contributed by atoms with Crippen molar-refractivity contribution >= 4 is 5.69 Å². The van der Waals surface area contributed by atoms with Crippen LogP contribution in [0.2, 0.25) is 0 Å². The van der Waals surface area contributed by atoms with Gasteiger partial charge in [-0.05, 0) is 13.0 Å². The van der Waals surface area contributed by atoms with Crippen LogP contribution in [0.1, 0.15) is 5.56 Å². The van der Waals surface area contributed by atoms with E-state index in [1.165, 1.54) is 0 Å². The second-order valence-electron chi connectivity index (χ2n) is 4.16. The summed E-state index contributed by atoms with van der Waals surface area (Å²) < 4.78 is 39.2. The average molecular weight is 204 g/mol. The van der Waals surface area contributed by atoms with Gasteiger partial charge in [-0.3, -0.25) is 4.48 Å². The molecule has 0 saturated carbocycles. The minimum absolute atomic E-state index is 0.120. The maximum atomic E-state index is 13.4. The molecule has 0 amide bonds. The summed E-state index contributed by atoms with van der Waals surface area (Å²) >= 11 is 0. The molecule has 1 aromatic rings. The van der Waals surface area contributed by atoms with Gasteiger partial charge in [-0.2, -0.15) is 4.39 Å². The number of benzene rings is 1. The number of hydrogen-bond donors (Lipinski definition) is 0. The highest BCUT2D eigenvalue weighted by molar-refractivity contribution is 5.50. The Morgan fingerprint density at radius 2 is 1.50 bits per heavy atom. The fourth-order valence-corrected chi connectivity index (χ4v) is 1.53. The third-order valence-electron chi connectivity index (χ3n) is 2.00. The van der Waals surface area contributed by atoms with Crippen LogP contribution in [0, 0.1) is 24.4 Å². The van der Waals surface area contributed by atoms with Crippen molar-refractivity contribution in [2.24, 2.45) is 0 Å². The standard InChI is InChI=1S/C10H13F3N/c1-6-5-7(11)8(12)9(13)10(6)14(2,3)4/h5H,1-4H3/q+1. The molecule has 0 aliphatic heterocycles. The molecule has 1 rings (SSSR count). The number of halogens is 3. The lowest BCUT2D eigenvalue weighted by Gasteiger charge is -2.25. The van der Waals surface area contributed by atoms with E-state index in [-0.39, 0.29) is 10.2 Å². The molecule has 0 spiro atoms. The molecule has 0 aliphatic carbocycles. The highest BCUT2D eigenvalue weighted by Gasteiger charge is 2.26. The summed E-state index contributed by atoms with van der Waals surface area (Å²) in [5.41, 5.74) is 0.581. The molecular weight excluding hydrogens is 191 g/mol.